The Morgan fingerprint density at radius 3 is 2.79 bits per heavy atom. The summed E-state index contributed by atoms with van der Waals surface area (Å²) in [5, 5.41) is 3.37. The Kier molecular flexibility index (Phi) is 5.23. The van der Waals surface area contributed by atoms with Crippen LogP contribution in [-0.4, -0.2) is 75.3 Å². The molecule has 5 heterocycles. The van der Waals surface area contributed by atoms with Crippen LogP contribution in [0, 0.1) is 0 Å². The number of aromatic amines is 1. The van der Waals surface area contributed by atoms with Gasteiger partial charge in [0.1, 0.15) is 11.8 Å². The first-order valence-electron chi connectivity index (χ1n) is 10.3. The topological polar surface area (TPSA) is 95.1 Å². The van der Waals surface area contributed by atoms with Crippen molar-refractivity contribution >= 4 is 22.9 Å². The number of imidazole rings is 1. The van der Waals surface area contributed by atoms with Gasteiger partial charge in [-0.1, -0.05) is 6.07 Å². The molecule has 29 heavy (non-hydrogen) atoms. The molecule has 2 saturated heterocycles. The van der Waals surface area contributed by atoms with Crippen molar-refractivity contribution in [2.45, 2.75) is 25.4 Å². The predicted octanol–water partition coefficient (Wildman–Crippen LogP) is 1.66. The van der Waals surface area contributed by atoms with Crippen LogP contribution >= 0.6 is 0 Å². The van der Waals surface area contributed by atoms with E-state index in [0.717, 1.165) is 75.1 Å². The van der Waals surface area contributed by atoms with Gasteiger partial charge in [0.15, 0.2) is 11.5 Å². The van der Waals surface area contributed by atoms with Crippen molar-refractivity contribution in [2.75, 3.05) is 49.6 Å². The molecule has 2 aliphatic rings. The van der Waals surface area contributed by atoms with Gasteiger partial charge in [0.05, 0.1) is 13.2 Å². The number of aromatic nitrogens is 5. The third-order valence-electron chi connectivity index (χ3n) is 5.78. The second-order valence-electron chi connectivity index (χ2n) is 7.56. The number of ether oxygens (including phenoxy) is 1. The number of rotatable bonds is 5. The maximum Gasteiger partial charge on any atom is 0.205 e. The highest BCUT2D eigenvalue weighted by Gasteiger charge is 2.27. The first kappa shape index (κ1) is 18.3. The number of nitrogens with one attached hydrogen (secondary N) is 2. The van der Waals surface area contributed by atoms with Crippen LogP contribution in [0.3, 0.4) is 0 Å². The van der Waals surface area contributed by atoms with E-state index in [-0.39, 0.29) is 0 Å². The lowest BCUT2D eigenvalue weighted by molar-refractivity contribution is 0.0114. The number of nitrogens with zero attached hydrogens (tertiary/aromatic N) is 6. The fourth-order valence-corrected chi connectivity index (χ4v) is 4.17. The Morgan fingerprint density at radius 2 is 2.00 bits per heavy atom. The smallest absolute Gasteiger partial charge is 0.205 e. The zero-order chi connectivity index (χ0) is 19.5. The van der Waals surface area contributed by atoms with Crippen molar-refractivity contribution in [3.63, 3.8) is 0 Å². The van der Waals surface area contributed by atoms with Gasteiger partial charge in [-0.05, 0) is 24.5 Å². The van der Waals surface area contributed by atoms with Crippen LogP contribution in [0.1, 0.15) is 18.4 Å². The summed E-state index contributed by atoms with van der Waals surface area (Å²) in [6.45, 7) is 6.46. The Balaban J connectivity index is 1.26. The molecular formula is C20H26N8O. The third-order valence-corrected chi connectivity index (χ3v) is 5.78. The predicted molar refractivity (Wildman–Crippen MR) is 111 cm³/mol. The highest BCUT2D eigenvalue weighted by molar-refractivity contribution is 5.84. The van der Waals surface area contributed by atoms with E-state index in [2.05, 4.69) is 35.1 Å². The number of anilines is 2. The molecule has 0 saturated carbocycles. The minimum absolute atomic E-state index is 0.649. The monoisotopic (exact) mass is 394 g/mol. The van der Waals surface area contributed by atoms with Crippen molar-refractivity contribution in [1.29, 1.82) is 0 Å². The van der Waals surface area contributed by atoms with E-state index < -0.39 is 0 Å². The highest BCUT2D eigenvalue weighted by Crippen LogP contribution is 2.25. The maximum absolute atomic E-state index is 5.48. The van der Waals surface area contributed by atoms with Crippen LogP contribution in [0.25, 0.3) is 11.2 Å². The van der Waals surface area contributed by atoms with E-state index in [4.69, 9.17) is 9.72 Å². The van der Waals surface area contributed by atoms with Crippen molar-refractivity contribution in [3.05, 3.63) is 36.4 Å². The SMILES string of the molecule is c1cncc(CNc2ncnc3nc(N4CCC(N5CCOCC5)CC4)[nH]c23)c1. The van der Waals surface area contributed by atoms with Crippen molar-refractivity contribution in [2.24, 2.45) is 0 Å². The molecule has 5 rings (SSSR count). The van der Waals surface area contributed by atoms with Crippen LogP contribution in [0.5, 0.6) is 0 Å². The van der Waals surface area contributed by atoms with E-state index >= 15 is 0 Å². The molecule has 152 valence electrons. The van der Waals surface area contributed by atoms with Crippen LogP contribution in [0.15, 0.2) is 30.9 Å². The zero-order valence-electron chi connectivity index (χ0n) is 16.4. The summed E-state index contributed by atoms with van der Waals surface area (Å²) in [6.07, 6.45) is 7.48. The molecule has 0 bridgehead atoms. The second-order valence-corrected chi connectivity index (χ2v) is 7.56. The van der Waals surface area contributed by atoms with Crippen LogP contribution < -0.4 is 10.2 Å². The first-order valence-corrected chi connectivity index (χ1v) is 10.3. The number of morpholine rings is 1. The van der Waals surface area contributed by atoms with Gasteiger partial charge < -0.3 is 19.9 Å². The Morgan fingerprint density at radius 1 is 1.14 bits per heavy atom. The lowest BCUT2D eigenvalue weighted by Gasteiger charge is -2.40. The molecule has 9 heteroatoms. The van der Waals surface area contributed by atoms with Crippen molar-refractivity contribution < 1.29 is 4.74 Å². The van der Waals surface area contributed by atoms with E-state index in [1.807, 2.05) is 18.3 Å². The van der Waals surface area contributed by atoms with Gasteiger partial charge in [0, 0.05) is 51.2 Å². The Hall–Kier alpha value is -2.78. The maximum atomic E-state index is 5.48. The summed E-state index contributed by atoms with van der Waals surface area (Å²) in [4.78, 5) is 26.0. The number of hydrogen-bond acceptors (Lipinski definition) is 8. The van der Waals surface area contributed by atoms with Gasteiger partial charge in [-0.15, -0.1) is 0 Å². The highest BCUT2D eigenvalue weighted by atomic mass is 16.5. The molecule has 0 aliphatic carbocycles. The number of fused-ring (bicyclic) bond motifs is 1. The van der Waals surface area contributed by atoms with Crippen molar-refractivity contribution in [1.82, 2.24) is 29.8 Å². The van der Waals surface area contributed by atoms with Gasteiger partial charge in [0.2, 0.25) is 5.95 Å². The molecule has 0 amide bonds. The van der Waals surface area contributed by atoms with Gasteiger partial charge in [-0.3, -0.25) is 9.88 Å². The van der Waals surface area contributed by atoms with Crippen molar-refractivity contribution in [3.8, 4) is 0 Å². The largest absolute Gasteiger partial charge is 0.379 e. The fraction of sp³-hybridized carbons (Fsp3) is 0.500. The van der Waals surface area contributed by atoms with Gasteiger partial charge >= 0.3 is 0 Å². The summed E-state index contributed by atoms with van der Waals surface area (Å²) in [5.74, 6) is 1.64. The standard InChI is InChI=1S/C20H26N8O/c1-2-15(12-21-5-1)13-22-18-17-19(24-14-23-18)26-20(25-17)28-6-3-16(4-7-28)27-8-10-29-11-9-27/h1-2,5,12,14,16H,3-4,6-11,13H2,(H2,22,23,24,25,26). The summed E-state index contributed by atoms with van der Waals surface area (Å²) in [7, 11) is 0. The lowest BCUT2D eigenvalue weighted by Crippen LogP contribution is -2.49. The second kappa shape index (κ2) is 8.30. The molecule has 3 aromatic rings. The molecule has 0 aromatic carbocycles. The Labute approximate surface area is 169 Å². The zero-order valence-corrected chi connectivity index (χ0v) is 16.4. The number of pyridine rings is 1. The fourth-order valence-electron chi connectivity index (χ4n) is 4.17. The Bertz CT molecular complexity index is 932. The average Bonchev–Trinajstić information content (AvgIpc) is 3.24. The number of piperidine rings is 1. The van der Waals surface area contributed by atoms with E-state index in [1.54, 1.807) is 12.5 Å². The van der Waals surface area contributed by atoms with E-state index in [0.29, 0.717) is 18.2 Å². The molecular weight excluding hydrogens is 368 g/mol. The molecule has 0 atom stereocenters. The van der Waals surface area contributed by atoms with Crippen LogP contribution in [0.4, 0.5) is 11.8 Å². The first-order chi connectivity index (χ1) is 14.4. The van der Waals surface area contributed by atoms with Crippen LogP contribution in [-0.2, 0) is 11.3 Å². The van der Waals surface area contributed by atoms with Crippen LogP contribution in [0.2, 0.25) is 0 Å². The van der Waals surface area contributed by atoms with Gasteiger partial charge in [0.25, 0.3) is 0 Å². The molecule has 2 aliphatic heterocycles. The molecule has 0 spiro atoms. The molecule has 2 fully saturated rings. The summed E-state index contributed by atoms with van der Waals surface area (Å²) < 4.78 is 5.48. The summed E-state index contributed by atoms with van der Waals surface area (Å²) in [5.41, 5.74) is 2.64. The average molecular weight is 394 g/mol. The minimum atomic E-state index is 0.649. The molecule has 0 radical (unpaired) electrons. The molecule has 0 unspecified atom stereocenters. The lowest BCUT2D eigenvalue weighted by atomic mass is 10.0. The molecule has 3 aromatic heterocycles. The van der Waals surface area contributed by atoms with Gasteiger partial charge in [-0.25, -0.2) is 9.97 Å². The molecule has 9 nitrogen and oxygen atoms in total. The van der Waals surface area contributed by atoms with E-state index in [9.17, 15) is 0 Å². The quantitative estimate of drug-likeness (QED) is 0.675. The normalized spacial score (nSPS) is 19.0. The van der Waals surface area contributed by atoms with E-state index in [1.165, 1.54) is 0 Å². The number of hydrogen-bond donors (Lipinski definition) is 2. The molecule has 2 N–H and O–H groups in total. The minimum Gasteiger partial charge on any atom is -0.379 e. The summed E-state index contributed by atoms with van der Waals surface area (Å²) >= 11 is 0. The third kappa shape index (κ3) is 4.01. The summed E-state index contributed by atoms with van der Waals surface area (Å²) in [6, 6.07) is 4.62. The number of H-pyrrole nitrogens is 1. The van der Waals surface area contributed by atoms with Gasteiger partial charge in [-0.2, -0.15) is 4.98 Å².